The number of ether oxygens (including phenoxy) is 1. The molecule has 1 saturated heterocycles. The maximum Gasteiger partial charge on any atom is 0.271 e. The smallest absolute Gasteiger partial charge is 0.271 e. The molecule has 0 radical (unpaired) electrons. The Kier molecular flexibility index (Phi) is 6.49. The van der Waals surface area contributed by atoms with Crippen LogP contribution in [-0.2, 0) is 11.3 Å². The number of para-hydroxylation sites is 1. The van der Waals surface area contributed by atoms with E-state index in [1.165, 1.54) is 35.0 Å². The maximum atomic E-state index is 13.2. The standard InChI is InChI=1S/C24H25FN4O3/c1-32-21-7-3-2-5-17(21)15-26-24(31)18-6-4-14-28(16-18)22-12-13-23(30)29(27-22)20-10-8-19(25)9-11-20/h2-3,5,7-13,18H,4,6,14-16H2,1H3,(H,26,31). The van der Waals surface area contributed by atoms with Crippen LogP contribution in [0.15, 0.2) is 65.5 Å². The van der Waals surface area contributed by atoms with Gasteiger partial charge in [0.05, 0.1) is 18.7 Å². The first-order chi connectivity index (χ1) is 15.5. The van der Waals surface area contributed by atoms with Crippen molar-refractivity contribution in [2.24, 2.45) is 5.92 Å². The zero-order chi connectivity index (χ0) is 22.5. The number of carbonyl (C=O) groups is 1. The minimum atomic E-state index is -0.379. The van der Waals surface area contributed by atoms with Crippen LogP contribution in [0.1, 0.15) is 18.4 Å². The summed E-state index contributed by atoms with van der Waals surface area (Å²) in [4.78, 5) is 27.1. The van der Waals surface area contributed by atoms with Gasteiger partial charge in [0.2, 0.25) is 5.91 Å². The van der Waals surface area contributed by atoms with Crippen molar-refractivity contribution in [3.8, 4) is 11.4 Å². The maximum absolute atomic E-state index is 13.2. The van der Waals surface area contributed by atoms with E-state index in [0.29, 0.717) is 24.6 Å². The van der Waals surface area contributed by atoms with Crippen LogP contribution < -0.4 is 20.5 Å². The van der Waals surface area contributed by atoms with E-state index in [1.807, 2.05) is 29.2 Å². The molecular weight excluding hydrogens is 411 g/mol. The molecule has 1 aromatic heterocycles. The molecule has 1 atom stereocenters. The summed E-state index contributed by atoms with van der Waals surface area (Å²) in [5.74, 6) is 0.761. The molecule has 3 aromatic rings. The molecule has 1 amide bonds. The van der Waals surface area contributed by atoms with Crippen molar-refractivity contribution in [2.45, 2.75) is 19.4 Å². The zero-order valence-corrected chi connectivity index (χ0v) is 17.8. The molecule has 1 aliphatic heterocycles. The number of nitrogens with zero attached hydrogens (tertiary/aromatic N) is 3. The molecule has 0 bridgehead atoms. The summed E-state index contributed by atoms with van der Waals surface area (Å²) in [7, 11) is 1.61. The van der Waals surface area contributed by atoms with Gasteiger partial charge in [0.1, 0.15) is 17.4 Å². The van der Waals surface area contributed by atoms with Crippen LogP contribution in [0.25, 0.3) is 5.69 Å². The van der Waals surface area contributed by atoms with Crippen molar-refractivity contribution in [3.05, 3.63) is 82.4 Å². The van der Waals surface area contributed by atoms with Crippen molar-refractivity contribution >= 4 is 11.7 Å². The SMILES string of the molecule is COc1ccccc1CNC(=O)C1CCCN(c2ccc(=O)n(-c3ccc(F)cc3)n2)C1. The number of nitrogens with one attached hydrogen (secondary N) is 1. The molecule has 2 heterocycles. The molecule has 166 valence electrons. The van der Waals surface area contributed by atoms with E-state index < -0.39 is 0 Å². The van der Waals surface area contributed by atoms with Crippen LogP contribution >= 0.6 is 0 Å². The highest BCUT2D eigenvalue weighted by Crippen LogP contribution is 2.22. The minimum Gasteiger partial charge on any atom is -0.496 e. The number of carbonyl (C=O) groups excluding carboxylic acids is 1. The van der Waals surface area contributed by atoms with E-state index in [2.05, 4.69) is 10.4 Å². The number of rotatable bonds is 6. The number of methoxy groups -OCH3 is 1. The number of piperidine rings is 1. The average molecular weight is 436 g/mol. The number of amides is 1. The molecule has 8 heteroatoms. The van der Waals surface area contributed by atoms with Gasteiger partial charge in [0.25, 0.3) is 5.56 Å². The monoisotopic (exact) mass is 436 g/mol. The summed E-state index contributed by atoms with van der Waals surface area (Å²) in [5.41, 5.74) is 1.11. The first-order valence-corrected chi connectivity index (χ1v) is 10.6. The molecular formula is C24H25FN4O3. The van der Waals surface area contributed by atoms with Gasteiger partial charge in [-0.1, -0.05) is 18.2 Å². The predicted molar refractivity (Wildman–Crippen MR) is 120 cm³/mol. The van der Waals surface area contributed by atoms with Crippen molar-refractivity contribution < 1.29 is 13.9 Å². The lowest BCUT2D eigenvalue weighted by molar-refractivity contribution is -0.125. The minimum absolute atomic E-state index is 0.0209. The largest absolute Gasteiger partial charge is 0.496 e. The van der Waals surface area contributed by atoms with Crippen molar-refractivity contribution in [3.63, 3.8) is 0 Å². The Bertz CT molecular complexity index is 1150. The number of benzene rings is 2. The third-order valence-electron chi connectivity index (χ3n) is 5.62. The fourth-order valence-electron chi connectivity index (χ4n) is 3.91. The van der Waals surface area contributed by atoms with Crippen molar-refractivity contribution in [1.82, 2.24) is 15.1 Å². The first-order valence-electron chi connectivity index (χ1n) is 10.6. The topological polar surface area (TPSA) is 76.5 Å². The van der Waals surface area contributed by atoms with E-state index in [0.717, 1.165) is 30.7 Å². The van der Waals surface area contributed by atoms with E-state index in [1.54, 1.807) is 13.2 Å². The van der Waals surface area contributed by atoms with Crippen LogP contribution in [0.5, 0.6) is 5.75 Å². The quantitative estimate of drug-likeness (QED) is 0.643. The van der Waals surface area contributed by atoms with Crippen molar-refractivity contribution in [2.75, 3.05) is 25.1 Å². The molecule has 1 unspecified atom stereocenters. The van der Waals surface area contributed by atoms with Gasteiger partial charge in [-0.3, -0.25) is 9.59 Å². The van der Waals surface area contributed by atoms with E-state index in [9.17, 15) is 14.0 Å². The summed E-state index contributed by atoms with van der Waals surface area (Å²) in [6.07, 6.45) is 1.62. The van der Waals surface area contributed by atoms with Crippen LogP contribution in [0.3, 0.4) is 0 Å². The van der Waals surface area contributed by atoms with E-state index in [-0.39, 0.29) is 23.2 Å². The van der Waals surface area contributed by atoms with Gasteiger partial charge in [0.15, 0.2) is 0 Å². The Balaban J connectivity index is 1.45. The van der Waals surface area contributed by atoms with Gasteiger partial charge in [-0.05, 0) is 49.2 Å². The molecule has 7 nitrogen and oxygen atoms in total. The van der Waals surface area contributed by atoms with Gasteiger partial charge in [-0.25, -0.2) is 4.39 Å². The third kappa shape index (κ3) is 4.80. The Morgan fingerprint density at radius 1 is 1.16 bits per heavy atom. The summed E-state index contributed by atoms with van der Waals surface area (Å²) < 4.78 is 19.8. The first kappa shape index (κ1) is 21.5. The Morgan fingerprint density at radius 3 is 2.72 bits per heavy atom. The predicted octanol–water partition coefficient (Wildman–Crippen LogP) is 2.91. The Labute approximate surface area is 185 Å². The van der Waals surface area contributed by atoms with Gasteiger partial charge in [-0.2, -0.15) is 4.68 Å². The van der Waals surface area contributed by atoms with Crippen LogP contribution in [0.2, 0.25) is 0 Å². The van der Waals surface area contributed by atoms with Crippen molar-refractivity contribution in [1.29, 1.82) is 0 Å². The lowest BCUT2D eigenvalue weighted by Crippen LogP contribution is -2.43. The molecule has 32 heavy (non-hydrogen) atoms. The lowest BCUT2D eigenvalue weighted by atomic mass is 9.97. The summed E-state index contributed by atoms with van der Waals surface area (Å²) in [6.45, 7) is 1.64. The Hall–Kier alpha value is -3.68. The highest BCUT2D eigenvalue weighted by molar-refractivity contribution is 5.79. The van der Waals surface area contributed by atoms with Gasteiger partial charge >= 0.3 is 0 Å². The zero-order valence-electron chi connectivity index (χ0n) is 17.8. The number of halogens is 1. The Morgan fingerprint density at radius 2 is 1.94 bits per heavy atom. The van der Waals surface area contributed by atoms with E-state index >= 15 is 0 Å². The second-order valence-corrected chi connectivity index (χ2v) is 7.73. The highest BCUT2D eigenvalue weighted by Gasteiger charge is 2.27. The summed E-state index contributed by atoms with van der Waals surface area (Å²) in [5, 5.41) is 7.48. The number of hydrogen-bond donors (Lipinski definition) is 1. The molecule has 4 rings (SSSR count). The molecule has 1 N–H and O–H groups in total. The number of aromatic nitrogens is 2. The number of hydrogen-bond acceptors (Lipinski definition) is 5. The molecule has 0 aliphatic carbocycles. The van der Waals surface area contributed by atoms with Gasteiger partial charge in [0, 0.05) is 31.3 Å². The fourth-order valence-corrected chi connectivity index (χ4v) is 3.91. The molecule has 2 aromatic carbocycles. The second-order valence-electron chi connectivity index (χ2n) is 7.73. The van der Waals surface area contributed by atoms with Crippen LogP contribution in [-0.4, -0.2) is 35.9 Å². The second kappa shape index (κ2) is 9.64. The van der Waals surface area contributed by atoms with E-state index in [4.69, 9.17) is 4.74 Å². The lowest BCUT2D eigenvalue weighted by Gasteiger charge is -2.33. The molecule has 1 aliphatic rings. The van der Waals surface area contributed by atoms with Crippen LogP contribution in [0, 0.1) is 11.7 Å². The fraction of sp³-hybridized carbons (Fsp3) is 0.292. The molecule has 0 spiro atoms. The summed E-state index contributed by atoms with van der Waals surface area (Å²) in [6, 6.07) is 16.3. The van der Waals surface area contributed by atoms with Crippen LogP contribution in [0.4, 0.5) is 10.2 Å². The summed E-state index contributed by atoms with van der Waals surface area (Å²) >= 11 is 0. The molecule has 0 saturated carbocycles. The number of anilines is 1. The highest BCUT2D eigenvalue weighted by atomic mass is 19.1. The van der Waals surface area contributed by atoms with Gasteiger partial charge < -0.3 is 15.0 Å². The third-order valence-corrected chi connectivity index (χ3v) is 5.62. The van der Waals surface area contributed by atoms with Gasteiger partial charge in [-0.15, -0.1) is 5.10 Å². The average Bonchev–Trinajstić information content (AvgIpc) is 2.83. The molecule has 1 fully saturated rings. The normalized spacial score (nSPS) is 15.9.